The van der Waals surface area contributed by atoms with Gasteiger partial charge in [0.2, 0.25) is 0 Å². The number of nitrogens with two attached hydrogens (primary N) is 1. The zero-order valence-corrected chi connectivity index (χ0v) is 11.3. The number of rotatable bonds is 3. The molecule has 0 aromatic heterocycles. The summed E-state index contributed by atoms with van der Waals surface area (Å²) in [5, 5.41) is 2.92. The highest BCUT2D eigenvalue weighted by Crippen LogP contribution is 2.18. The van der Waals surface area contributed by atoms with E-state index in [1.165, 1.54) is 0 Å². The molecule has 4 heteroatoms. The van der Waals surface area contributed by atoms with Crippen LogP contribution in [0, 0.1) is 5.92 Å². The van der Waals surface area contributed by atoms with E-state index in [0.717, 1.165) is 4.47 Å². The number of benzene rings is 1. The van der Waals surface area contributed by atoms with E-state index >= 15 is 0 Å². The number of anilines is 1. The minimum absolute atomic E-state index is 0.125. The van der Waals surface area contributed by atoms with Gasteiger partial charge in [0.1, 0.15) is 0 Å². The molecule has 0 bridgehead atoms. The third-order valence-corrected chi connectivity index (χ3v) is 3.11. The largest absolute Gasteiger partial charge is 0.398 e. The van der Waals surface area contributed by atoms with Gasteiger partial charge in [-0.15, -0.1) is 0 Å². The van der Waals surface area contributed by atoms with Crippen LogP contribution in [-0.2, 0) is 0 Å². The van der Waals surface area contributed by atoms with Crippen LogP contribution in [0.4, 0.5) is 5.69 Å². The van der Waals surface area contributed by atoms with Crippen LogP contribution in [0.1, 0.15) is 31.1 Å². The minimum atomic E-state index is -0.125. The Balaban J connectivity index is 2.84. The van der Waals surface area contributed by atoms with E-state index in [0.29, 0.717) is 17.2 Å². The zero-order chi connectivity index (χ0) is 12.3. The summed E-state index contributed by atoms with van der Waals surface area (Å²) in [6.45, 7) is 6.11. The molecule has 1 aromatic rings. The Labute approximate surface area is 105 Å². The molecular formula is C12H17BrN2O. The fourth-order valence-electron chi connectivity index (χ4n) is 1.18. The van der Waals surface area contributed by atoms with Crippen molar-refractivity contribution in [2.75, 3.05) is 5.73 Å². The van der Waals surface area contributed by atoms with Crippen molar-refractivity contribution in [2.45, 2.75) is 26.8 Å². The average molecular weight is 285 g/mol. The Morgan fingerprint density at radius 3 is 2.56 bits per heavy atom. The summed E-state index contributed by atoms with van der Waals surface area (Å²) in [7, 11) is 0. The summed E-state index contributed by atoms with van der Waals surface area (Å²) in [4.78, 5) is 11.9. The van der Waals surface area contributed by atoms with Crippen LogP contribution in [0.3, 0.4) is 0 Å². The van der Waals surface area contributed by atoms with Crippen LogP contribution >= 0.6 is 15.9 Å². The minimum Gasteiger partial charge on any atom is -0.398 e. The van der Waals surface area contributed by atoms with Crippen LogP contribution in [-0.4, -0.2) is 11.9 Å². The summed E-state index contributed by atoms with van der Waals surface area (Å²) in [5.74, 6) is 0.275. The summed E-state index contributed by atoms with van der Waals surface area (Å²) in [6, 6.07) is 5.40. The molecule has 1 rings (SSSR count). The highest BCUT2D eigenvalue weighted by atomic mass is 79.9. The van der Waals surface area contributed by atoms with E-state index in [2.05, 4.69) is 35.1 Å². The average Bonchev–Trinajstić information content (AvgIpc) is 2.21. The Morgan fingerprint density at radius 1 is 1.38 bits per heavy atom. The molecule has 3 nitrogen and oxygen atoms in total. The van der Waals surface area contributed by atoms with Gasteiger partial charge in [0.15, 0.2) is 0 Å². The van der Waals surface area contributed by atoms with Gasteiger partial charge in [0, 0.05) is 16.2 Å². The number of hydrogen-bond acceptors (Lipinski definition) is 2. The number of hydrogen-bond donors (Lipinski definition) is 2. The monoisotopic (exact) mass is 284 g/mol. The van der Waals surface area contributed by atoms with Crippen LogP contribution < -0.4 is 11.1 Å². The van der Waals surface area contributed by atoms with Crippen molar-refractivity contribution >= 4 is 27.5 Å². The molecule has 0 aliphatic rings. The third kappa shape index (κ3) is 3.23. The standard InChI is InChI=1S/C12H17BrN2O/c1-7(2)8(3)15-12(16)10-6-9(13)4-5-11(10)14/h4-8H,14H2,1-3H3,(H,15,16). The molecule has 16 heavy (non-hydrogen) atoms. The van der Waals surface area contributed by atoms with Gasteiger partial charge in [-0.05, 0) is 31.0 Å². The number of carbonyl (C=O) groups excluding carboxylic acids is 1. The molecule has 0 aliphatic carbocycles. The summed E-state index contributed by atoms with van der Waals surface area (Å²) in [5.41, 5.74) is 6.77. The number of amides is 1. The molecule has 0 saturated carbocycles. The Morgan fingerprint density at radius 2 is 2.00 bits per heavy atom. The lowest BCUT2D eigenvalue weighted by atomic mass is 10.1. The summed E-state index contributed by atoms with van der Waals surface area (Å²) < 4.78 is 0.851. The lowest BCUT2D eigenvalue weighted by Crippen LogP contribution is -2.36. The maximum absolute atomic E-state index is 11.9. The van der Waals surface area contributed by atoms with Gasteiger partial charge in [0.05, 0.1) is 5.56 Å². The van der Waals surface area contributed by atoms with E-state index < -0.39 is 0 Å². The topological polar surface area (TPSA) is 55.1 Å². The molecule has 3 N–H and O–H groups in total. The lowest BCUT2D eigenvalue weighted by molar-refractivity contribution is 0.0931. The van der Waals surface area contributed by atoms with Crippen molar-refractivity contribution in [3.05, 3.63) is 28.2 Å². The van der Waals surface area contributed by atoms with Crippen LogP contribution in [0.15, 0.2) is 22.7 Å². The first-order valence-corrected chi connectivity index (χ1v) is 6.07. The molecule has 0 aliphatic heterocycles. The van der Waals surface area contributed by atoms with Crippen molar-refractivity contribution in [3.63, 3.8) is 0 Å². The quantitative estimate of drug-likeness (QED) is 0.839. The molecule has 1 unspecified atom stereocenters. The van der Waals surface area contributed by atoms with E-state index in [9.17, 15) is 4.79 Å². The van der Waals surface area contributed by atoms with E-state index in [-0.39, 0.29) is 11.9 Å². The van der Waals surface area contributed by atoms with Gasteiger partial charge in [0.25, 0.3) is 5.91 Å². The van der Waals surface area contributed by atoms with E-state index in [4.69, 9.17) is 5.73 Å². The van der Waals surface area contributed by atoms with Gasteiger partial charge < -0.3 is 11.1 Å². The highest BCUT2D eigenvalue weighted by Gasteiger charge is 2.14. The summed E-state index contributed by atoms with van der Waals surface area (Å²) in [6.07, 6.45) is 0. The van der Waals surface area contributed by atoms with Crippen LogP contribution in [0.2, 0.25) is 0 Å². The maximum Gasteiger partial charge on any atom is 0.253 e. The van der Waals surface area contributed by atoms with Gasteiger partial charge >= 0.3 is 0 Å². The number of carbonyl (C=O) groups is 1. The second kappa shape index (κ2) is 5.34. The predicted molar refractivity (Wildman–Crippen MR) is 70.3 cm³/mol. The van der Waals surface area contributed by atoms with Gasteiger partial charge in [-0.25, -0.2) is 0 Å². The number of nitrogens with one attached hydrogen (secondary N) is 1. The highest BCUT2D eigenvalue weighted by molar-refractivity contribution is 9.10. The second-order valence-corrected chi connectivity index (χ2v) is 5.15. The molecule has 1 atom stereocenters. The molecule has 0 saturated heterocycles. The Hall–Kier alpha value is -1.03. The SMILES string of the molecule is CC(C)C(C)NC(=O)c1cc(Br)ccc1N. The molecule has 1 amide bonds. The van der Waals surface area contributed by atoms with Gasteiger partial charge in [-0.1, -0.05) is 29.8 Å². The zero-order valence-electron chi connectivity index (χ0n) is 9.75. The lowest BCUT2D eigenvalue weighted by Gasteiger charge is -2.18. The van der Waals surface area contributed by atoms with Crippen molar-refractivity contribution in [1.29, 1.82) is 0 Å². The number of nitrogen functional groups attached to an aromatic ring is 1. The molecular weight excluding hydrogens is 268 g/mol. The Kier molecular flexibility index (Phi) is 4.35. The van der Waals surface area contributed by atoms with Crippen molar-refractivity contribution in [2.24, 2.45) is 5.92 Å². The molecule has 0 radical (unpaired) electrons. The third-order valence-electron chi connectivity index (χ3n) is 2.62. The fourth-order valence-corrected chi connectivity index (χ4v) is 1.54. The van der Waals surface area contributed by atoms with Crippen LogP contribution in [0.5, 0.6) is 0 Å². The molecule has 0 heterocycles. The first-order valence-electron chi connectivity index (χ1n) is 5.27. The van der Waals surface area contributed by atoms with Gasteiger partial charge in [-0.2, -0.15) is 0 Å². The van der Waals surface area contributed by atoms with Crippen LogP contribution in [0.25, 0.3) is 0 Å². The molecule has 0 fully saturated rings. The first-order chi connectivity index (χ1) is 7.41. The summed E-state index contributed by atoms with van der Waals surface area (Å²) >= 11 is 3.32. The number of halogens is 1. The normalized spacial score (nSPS) is 12.6. The van der Waals surface area contributed by atoms with E-state index in [1.54, 1.807) is 12.1 Å². The fraction of sp³-hybridized carbons (Fsp3) is 0.417. The Bertz CT molecular complexity index is 391. The smallest absolute Gasteiger partial charge is 0.253 e. The van der Waals surface area contributed by atoms with Crippen molar-refractivity contribution < 1.29 is 4.79 Å². The second-order valence-electron chi connectivity index (χ2n) is 4.24. The van der Waals surface area contributed by atoms with Crippen molar-refractivity contribution in [1.82, 2.24) is 5.32 Å². The van der Waals surface area contributed by atoms with Crippen molar-refractivity contribution in [3.8, 4) is 0 Å². The van der Waals surface area contributed by atoms with E-state index in [1.807, 2.05) is 13.0 Å². The first kappa shape index (κ1) is 13.0. The molecule has 0 spiro atoms. The molecule has 1 aromatic carbocycles. The predicted octanol–water partition coefficient (Wildman–Crippen LogP) is 2.81. The molecule has 88 valence electrons. The maximum atomic E-state index is 11.9. The van der Waals surface area contributed by atoms with Gasteiger partial charge in [-0.3, -0.25) is 4.79 Å².